The summed E-state index contributed by atoms with van der Waals surface area (Å²) in [5.41, 5.74) is 1.75. The number of carbonyl (C=O) groups is 1. The predicted molar refractivity (Wildman–Crippen MR) is 97.0 cm³/mol. The van der Waals surface area contributed by atoms with E-state index in [1.807, 2.05) is 6.92 Å². The van der Waals surface area contributed by atoms with E-state index in [0.717, 1.165) is 11.1 Å². The van der Waals surface area contributed by atoms with E-state index in [1.54, 1.807) is 24.3 Å². The Balaban J connectivity index is 1.88. The summed E-state index contributed by atoms with van der Waals surface area (Å²) in [5.74, 6) is -0.0209. The summed E-state index contributed by atoms with van der Waals surface area (Å²) in [5, 5.41) is 23.8. The first kappa shape index (κ1) is 18.7. The standard InChI is InChI=1S/C19H19N3O5/c1-2-16-18(23)11-17(12-3-7-14(8-4-12)21(24)25)20-19(16)13-5-9-15(10-6-13)22(26)27/h3-10,16-17,19-20H,2,11H2,1H3/p+1/t16-,17+,19-/m1/s1. The Morgan fingerprint density at radius 1 is 0.926 bits per heavy atom. The van der Waals surface area contributed by atoms with Gasteiger partial charge < -0.3 is 5.32 Å². The Kier molecular flexibility index (Phi) is 5.27. The highest BCUT2D eigenvalue weighted by Crippen LogP contribution is 2.32. The molecule has 2 aromatic rings. The predicted octanol–water partition coefficient (Wildman–Crippen LogP) is 2.85. The molecule has 3 rings (SSSR count). The van der Waals surface area contributed by atoms with Crippen LogP contribution in [0, 0.1) is 26.1 Å². The minimum absolute atomic E-state index is 0.0132. The fourth-order valence-corrected chi connectivity index (χ4v) is 3.74. The summed E-state index contributed by atoms with van der Waals surface area (Å²) < 4.78 is 0. The molecule has 1 aliphatic heterocycles. The number of nitro groups is 2. The lowest BCUT2D eigenvalue weighted by molar-refractivity contribution is -0.743. The molecule has 2 N–H and O–H groups in total. The molecule has 8 nitrogen and oxygen atoms in total. The molecule has 1 saturated heterocycles. The molecule has 0 bridgehead atoms. The highest BCUT2D eigenvalue weighted by atomic mass is 16.6. The van der Waals surface area contributed by atoms with Crippen molar-refractivity contribution in [2.24, 2.45) is 5.92 Å². The molecular formula is C19H20N3O5+. The highest BCUT2D eigenvalue weighted by molar-refractivity contribution is 5.82. The van der Waals surface area contributed by atoms with Crippen LogP contribution in [0.1, 0.15) is 43.0 Å². The molecule has 0 aromatic heterocycles. The lowest BCUT2D eigenvalue weighted by atomic mass is 9.79. The van der Waals surface area contributed by atoms with Crippen LogP contribution in [-0.4, -0.2) is 15.6 Å². The smallest absolute Gasteiger partial charge is 0.269 e. The quantitative estimate of drug-likeness (QED) is 0.641. The van der Waals surface area contributed by atoms with Gasteiger partial charge in [0.15, 0.2) is 0 Å². The first-order valence-electron chi connectivity index (χ1n) is 8.77. The molecular weight excluding hydrogens is 350 g/mol. The SMILES string of the molecule is CC[C@@H]1C(=O)C[C@@H](c2ccc([N+](=O)[O-])cc2)[NH2+][C@@H]1c1ccc([N+](=O)[O-])cc1. The summed E-state index contributed by atoms with van der Waals surface area (Å²) in [6, 6.07) is 12.3. The Morgan fingerprint density at radius 2 is 1.41 bits per heavy atom. The lowest BCUT2D eigenvalue weighted by Crippen LogP contribution is -2.90. The van der Waals surface area contributed by atoms with Gasteiger partial charge in [-0.25, -0.2) is 0 Å². The van der Waals surface area contributed by atoms with Gasteiger partial charge in [-0.1, -0.05) is 6.92 Å². The topological polar surface area (TPSA) is 120 Å². The van der Waals surface area contributed by atoms with Gasteiger partial charge in [-0.3, -0.25) is 25.0 Å². The summed E-state index contributed by atoms with van der Waals surface area (Å²) in [7, 11) is 0. The maximum absolute atomic E-state index is 12.7. The van der Waals surface area contributed by atoms with Gasteiger partial charge in [0.05, 0.1) is 22.2 Å². The van der Waals surface area contributed by atoms with E-state index in [9.17, 15) is 25.0 Å². The van der Waals surface area contributed by atoms with Crippen molar-refractivity contribution in [1.82, 2.24) is 0 Å². The second-order valence-corrected chi connectivity index (χ2v) is 6.71. The van der Waals surface area contributed by atoms with E-state index in [2.05, 4.69) is 5.32 Å². The minimum atomic E-state index is -0.452. The first-order valence-corrected chi connectivity index (χ1v) is 8.77. The van der Waals surface area contributed by atoms with Gasteiger partial charge in [-0.15, -0.1) is 0 Å². The zero-order valence-corrected chi connectivity index (χ0v) is 14.8. The fraction of sp³-hybridized carbons (Fsp3) is 0.316. The zero-order chi connectivity index (χ0) is 19.6. The molecule has 0 unspecified atom stereocenters. The number of non-ortho nitro benzene ring substituents is 2. The van der Waals surface area contributed by atoms with Crippen molar-refractivity contribution in [3.05, 3.63) is 79.9 Å². The van der Waals surface area contributed by atoms with Gasteiger partial charge in [0.1, 0.15) is 17.9 Å². The number of hydrogen-bond donors (Lipinski definition) is 1. The van der Waals surface area contributed by atoms with Crippen molar-refractivity contribution >= 4 is 17.2 Å². The third-order valence-corrected chi connectivity index (χ3v) is 5.17. The molecule has 1 aliphatic rings. The Morgan fingerprint density at radius 3 is 1.85 bits per heavy atom. The molecule has 0 radical (unpaired) electrons. The van der Waals surface area contributed by atoms with Crippen molar-refractivity contribution in [2.75, 3.05) is 0 Å². The van der Waals surface area contributed by atoms with E-state index < -0.39 is 9.85 Å². The van der Waals surface area contributed by atoms with Gasteiger partial charge in [-0.2, -0.15) is 0 Å². The Labute approximate surface area is 155 Å². The summed E-state index contributed by atoms with van der Waals surface area (Å²) in [6.07, 6.45) is 1.05. The number of nitrogens with two attached hydrogens (primary N) is 1. The van der Waals surface area contributed by atoms with Crippen molar-refractivity contribution in [2.45, 2.75) is 31.8 Å². The van der Waals surface area contributed by atoms with Crippen LogP contribution >= 0.6 is 0 Å². The van der Waals surface area contributed by atoms with Crippen LogP contribution < -0.4 is 5.32 Å². The molecule has 1 fully saturated rings. The lowest BCUT2D eigenvalue weighted by Gasteiger charge is -2.33. The summed E-state index contributed by atoms with van der Waals surface area (Å²) in [4.78, 5) is 33.5. The van der Waals surface area contributed by atoms with Crippen LogP contribution in [0.5, 0.6) is 0 Å². The molecule has 0 saturated carbocycles. The van der Waals surface area contributed by atoms with E-state index >= 15 is 0 Å². The Bertz CT molecular complexity index is 864. The number of piperidine rings is 1. The second-order valence-electron chi connectivity index (χ2n) is 6.71. The normalized spacial score (nSPS) is 22.4. The zero-order valence-electron chi connectivity index (χ0n) is 14.8. The first-order chi connectivity index (χ1) is 12.9. The van der Waals surface area contributed by atoms with Crippen molar-refractivity contribution in [3.63, 3.8) is 0 Å². The molecule has 27 heavy (non-hydrogen) atoms. The fourth-order valence-electron chi connectivity index (χ4n) is 3.74. The average molecular weight is 370 g/mol. The number of carbonyl (C=O) groups excluding carboxylic acids is 1. The number of rotatable bonds is 5. The van der Waals surface area contributed by atoms with E-state index in [-0.39, 0.29) is 35.2 Å². The van der Waals surface area contributed by atoms with Crippen molar-refractivity contribution in [3.8, 4) is 0 Å². The molecule has 0 spiro atoms. The molecule has 3 atom stereocenters. The molecule has 2 aromatic carbocycles. The number of nitro benzene ring substituents is 2. The second kappa shape index (κ2) is 7.63. The maximum Gasteiger partial charge on any atom is 0.269 e. The molecule has 1 heterocycles. The highest BCUT2D eigenvalue weighted by Gasteiger charge is 2.40. The number of nitrogens with zero attached hydrogens (tertiary/aromatic N) is 2. The number of quaternary nitrogens is 1. The average Bonchev–Trinajstić information content (AvgIpc) is 2.67. The summed E-state index contributed by atoms with van der Waals surface area (Å²) in [6.45, 7) is 1.96. The van der Waals surface area contributed by atoms with Crippen molar-refractivity contribution in [1.29, 1.82) is 0 Å². The Hall–Kier alpha value is -3.13. The third kappa shape index (κ3) is 3.85. The number of hydrogen-bond acceptors (Lipinski definition) is 5. The number of Topliss-reactive ketones (excluding diaryl/α,β-unsaturated/α-hetero) is 1. The van der Waals surface area contributed by atoms with Gasteiger partial charge in [0, 0.05) is 35.4 Å². The molecule has 140 valence electrons. The summed E-state index contributed by atoms with van der Waals surface area (Å²) >= 11 is 0. The van der Waals surface area contributed by atoms with Crippen LogP contribution in [0.15, 0.2) is 48.5 Å². The van der Waals surface area contributed by atoms with Crippen LogP contribution in [-0.2, 0) is 4.79 Å². The third-order valence-electron chi connectivity index (χ3n) is 5.17. The van der Waals surface area contributed by atoms with Gasteiger partial charge >= 0.3 is 0 Å². The molecule has 0 amide bonds. The largest absolute Gasteiger partial charge is 0.333 e. The number of benzene rings is 2. The molecule has 8 heteroatoms. The minimum Gasteiger partial charge on any atom is -0.333 e. The maximum atomic E-state index is 12.7. The molecule has 0 aliphatic carbocycles. The van der Waals surface area contributed by atoms with E-state index in [0.29, 0.717) is 12.8 Å². The van der Waals surface area contributed by atoms with Gasteiger partial charge in [0.25, 0.3) is 11.4 Å². The van der Waals surface area contributed by atoms with Crippen LogP contribution in [0.2, 0.25) is 0 Å². The van der Waals surface area contributed by atoms with E-state index in [1.165, 1.54) is 24.3 Å². The van der Waals surface area contributed by atoms with E-state index in [4.69, 9.17) is 0 Å². The van der Waals surface area contributed by atoms with Crippen LogP contribution in [0.3, 0.4) is 0 Å². The van der Waals surface area contributed by atoms with Crippen molar-refractivity contribution < 1.29 is 20.0 Å². The van der Waals surface area contributed by atoms with Crippen LogP contribution in [0.4, 0.5) is 11.4 Å². The number of ketones is 1. The van der Waals surface area contributed by atoms with Gasteiger partial charge in [0.2, 0.25) is 0 Å². The monoisotopic (exact) mass is 370 g/mol. The van der Waals surface area contributed by atoms with Gasteiger partial charge in [-0.05, 0) is 30.7 Å². The van der Waals surface area contributed by atoms with Crippen LogP contribution in [0.25, 0.3) is 0 Å².